The minimum Gasteiger partial charge on any atom is -0.488 e. The van der Waals surface area contributed by atoms with E-state index in [1.54, 1.807) is 60.7 Å². The smallest absolute Gasteiger partial charge is 0.210 e. The summed E-state index contributed by atoms with van der Waals surface area (Å²) in [6.07, 6.45) is -0.430. The first-order valence-corrected chi connectivity index (χ1v) is 21.7. The molecular formula is C48H42O8S2. The highest BCUT2D eigenvalue weighted by atomic mass is 32.2. The molecule has 0 spiro atoms. The van der Waals surface area contributed by atoms with E-state index in [0.29, 0.717) is 11.5 Å². The molecule has 0 aliphatic rings. The van der Waals surface area contributed by atoms with Crippen molar-refractivity contribution in [2.45, 2.75) is 58.9 Å². The van der Waals surface area contributed by atoms with Gasteiger partial charge in [0.05, 0.1) is 9.79 Å². The van der Waals surface area contributed by atoms with Crippen molar-refractivity contribution in [1.82, 2.24) is 0 Å². The highest BCUT2D eigenvalue weighted by Gasteiger charge is 2.24. The van der Waals surface area contributed by atoms with E-state index in [9.17, 15) is 16.8 Å². The molecule has 0 N–H and O–H groups in total. The van der Waals surface area contributed by atoms with Gasteiger partial charge in [-0.3, -0.25) is 0 Å². The van der Waals surface area contributed by atoms with Crippen LogP contribution in [0.4, 0.5) is 0 Å². The van der Waals surface area contributed by atoms with Crippen molar-refractivity contribution in [2.75, 3.05) is 0 Å². The molecule has 0 heterocycles. The van der Waals surface area contributed by atoms with Gasteiger partial charge >= 0.3 is 0 Å². The Hall–Kier alpha value is -6.36. The van der Waals surface area contributed by atoms with Gasteiger partial charge in [0, 0.05) is 0 Å². The molecule has 7 aromatic rings. The lowest BCUT2D eigenvalue weighted by molar-refractivity contribution is 0.226. The third-order valence-electron chi connectivity index (χ3n) is 9.59. The van der Waals surface area contributed by atoms with Gasteiger partial charge in [-0.1, -0.05) is 109 Å². The summed E-state index contributed by atoms with van der Waals surface area (Å²) >= 11 is 0. The van der Waals surface area contributed by atoms with Crippen LogP contribution in [0.5, 0.6) is 23.0 Å². The van der Waals surface area contributed by atoms with Gasteiger partial charge in [-0.15, -0.1) is 0 Å². The predicted octanol–water partition coefficient (Wildman–Crippen LogP) is 10.8. The highest BCUT2D eigenvalue weighted by Crippen LogP contribution is 2.34. The SMILES string of the molecule is CC(Oc1ccc(S(=O)(=O)c2ccccc2OCc2ccccc2COc2ccccc2S(=O)(=O)c2ccc(OC(C)c3ccccc3)cc2)cc1)c1ccccc1. The molecule has 0 bridgehead atoms. The average molecular weight is 811 g/mol. The summed E-state index contributed by atoms with van der Waals surface area (Å²) in [5.41, 5.74) is 3.50. The van der Waals surface area contributed by atoms with Gasteiger partial charge < -0.3 is 18.9 Å². The first-order valence-electron chi connectivity index (χ1n) is 18.7. The molecule has 10 heteroatoms. The summed E-state index contributed by atoms with van der Waals surface area (Å²) in [5, 5.41) is 0. The van der Waals surface area contributed by atoms with Crippen molar-refractivity contribution >= 4 is 19.7 Å². The highest BCUT2D eigenvalue weighted by molar-refractivity contribution is 7.92. The molecule has 294 valence electrons. The summed E-state index contributed by atoms with van der Waals surface area (Å²) in [6.45, 7) is 3.94. The second kappa shape index (κ2) is 17.8. The van der Waals surface area contributed by atoms with Crippen molar-refractivity contribution in [3.63, 3.8) is 0 Å². The van der Waals surface area contributed by atoms with Crippen LogP contribution in [0.3, 0.4) is 0 Å². The van der Waals surface area contributed by atoms with E-state index in [1.807, 2.05) is 98.8 Å². The Morgan fingerprint density at radius 3 is 1.10 bits per heavy atom. The molecule has 0 saturated heterocycles. The number of rotatable bonds is 16. The molecular weight excluding hydrogens is 769 g/mol. The Balaban J connectivity index is 1.02. The van der Waals surface area contributed by atoms with E-state index in [0.717, 1.165) is 22.3 Å². The fourth-order valence-electron chi connectivity index (χ4n) is 6.37. The topological polar surface area (TPSA) is 105 Å². The molecule has 2 atom stereocenters. The normalized spacial score (nSPS) is 12.6. The molecule has 0 aliphatic heterocycles. The van der Waals surface area contributed by atoms with Crippen molar-refractivity contribution < 1.29 is 35.8 Å². The van der Waals surface area contributed by atoms with Crippen LogP contribution < -0.4 is 18.9 Å². The van der Waals surface area contributed by atoms with Gasteiger partial charge in [-0.05, 0) is 109 Å². The number of ether oxygens (including phenoxy) is 4. The number of benzene rings is 7. The lowest BCUT2D eigenvalue weighted by atomic mass is 10.1. The summed E-state index contributed by atoms with van der Waals surface area (Å²) in [5.74, 6) is 1.48. The van der Waals surface area contributed by atoms with Gasteiger partial charge in [-0.2, -0.15) is 0 Å². The minimum absolute atomic E-state index is 0.0273. The molecule has 7 aromatic carbocycles. The summed E-state index contributed by atoms with van der Waals surface area (Å²) < 4.78 is 80.0. The molecule has 58 heavy (non-hydrogen) atoms. The van der Waals surface area contributed by atoms with Crippen molar-refractivity contribution in [3.8, 4) is 23.0 Å². The van der Waals surface area contributed by atoms with E-state index in [-0.39, 0.29) is 56.5 Å². The van der Waals surface area contributed by atoms with Crippen LogP contribution in [0.25, 0.3) is 0 Å². The standard InChI is InChI=1S/C48H42O8S2/c1-35(37-15-5-3-6-16-37)55-41-25-29-43(30-26-41)57(49,50)47-23-13-11-21-45(47)53-33-39-19-9-10-20-40(39)34-54-46-22-12-14-24-48(46)58(51,52)44-31-27-42(28-32-44)56-36(2)38-17-7-4-8-18-38/h3-32,35-36H,33-34H2,1-2H3. The van der Waals surface area contributed by atoms with Gasteiger partial charge in [0.1, 0.15) is 58.2 Å². The Morgan fingerprint density at radius 2 is 0.724 bits per heavy atom. The first kappa shape index (κ1) is 39.9. The van der Waals surface area contributed by atoms with E-state index in [1.165, 1.54) is 36.4 Å². The van der Waals surface area contributed by atoms with Gasteiger partial charge in [-0.25, -0.2) is 16.8 Å². The number of hydrogen-bond donors (Lipinski definition) is 0. The quantitative estimate of drug-likeness (QED) is 0.0950. The number of para-hydroxylation sites is 2. The zero-order valence-corrected chi connectivity index (χ0v) is 33.6. The Bertz CT molecular complexity index is 2480. The van der Waals surface area contributed by atoms with Gasteiger partial charge in [0.2, 0.25) is 19.7 Å². The zero-order valence-electron chi connectivity index (χ0n) is 32.0. The van der Waals surface area contributed by atoms with Crippen LogP contribution in [0.1, 0.15) is 48.3 Å². The Morgan fingerprint density at radius 1 is 0.397 bits per heavy atom. The first-order chi connectivity index (χ1) is 28.1. The largest absolute Gasteiger partial charge is 0.488 e. The molecule has 0 radical (unpaired) electrons. The number of hydrogen-bond acceptors (Lipinski definition) is 8. The van der Waals surface area contributed by atoms with Crippen molar-refractivity contribution in [1.29, 1.82) is 0 Å². The fourth-order valence-corrected chi connectivity index (χ4v) is 9.17. The van der Waals surface area contributed by atoms with E-state index >= 15 is 0 Å². The summed E-state index contributed by atoms with van der Waals surface area (Å²) in [4.78, 5) is 0.263. The molecule has 8 nitrogen and oxygen atoms in total. The lowest BCUT2D eigenvalue weighted by Crippen LogP contribution is -2.09. The third kappa shape index (κ3) is 9.26. The molecule has 0 aromatic heterocycles. The fraction of sp³-hybridized carbons (Fsp3) is 0.125. The second-order valence-corrected chi connectivity index (χ2v) is 17.4. The third-order valence-corrected chi connectivity index (χ3v) is 13.2. The van der Waals surface area contributed by atoms with Crippen LogP contribution in [0.15, 0.2) is 202 Å². The molecule has 0 aliphatic carbocycles. The molecule has 0 saturated carbocycles. The Labute approximate surface area is 340 Å². The van der Waals surface area contributed by atoms with Crippen LogP contribution in [0.2, 0.25) is 0 Å². The second-order valence-electron chi connectivity index (χ2n) is 13.5. The maximum Gasteiger partial charge on any atom is 0.210 e. The van der Waals surface area contributed by atoms with Gasteiger partial charge in [0.15, 0.2) is 0 Å². The zero-order chi connectivity index (χ0) is 40.5. The average Bonchev–Trinajstić information content (AvgIpc) is 3.26. The molecule has 2 unspecified atom stereocenters. The van der Waals surface area contributed by atoms with E-state index in [2.05, 4.69) is 0 Å². The van der Waals surface area contributed by atoms with E-state index in [4.69, 9.17) is 18.9 Å². The van der Waals surface area contributed by atoms with Crippen LogP contribution in [0, 0.1) is 0 Å². The van der Waals surface area contributed by atoms with Gasteiger partial charge in [0.25, 0.3) is 0 Å². The molecule has 7 rings (SSSR count). The monoisotopic (exact) mass is 810 g/mol. The summed E-state index contributed by atoms with van der Waals surface area (Å²) in [6, 6.07) is 52.7. The number of sulfone groups is 2. The van der Waals surface area contributed by atoms with Crippen molar-refractivity contribution in [3.05, 3.63) is 204 Å². The van der Waals surface area contributed by atoms with Crippen LogP contribution in [-0.4, -0.2) is 16.8 Å². The van der Waals surface area contributed by atoms with E-state index < -0.39 is 19.7 Å². The maximum absolute atomic E-state index is 13.9. The van der Waals surface area contributed by atoms with Crippen LogP contribution >= 0.6 is 0 Å². The molecule has 0 amide bonds. The lowest BCUT2D eigenvalue weighted by Gasteiger charge is -2.17. The van der Waals surface area contributed by atoms with Crippen LogP contribution in [-0.2, 0) is 32.9 Å². The maximum atomic E-state index is 13.9. The summed E-state index contributed by atoms with van der Waals surface area (Å²) in [7, 11) is -7.92. The van der Waals surface area contributed by atoms with Crippen molar-refractivity contribution in [2.24, 2.45) is 0 Å². The Kier molecular flexibility index (Phi) is 12.3. The minimum atomic E-state index is -3.96. The molecule has 0 fully saturated rings. The predicted molar refractivity (Wildman–Crippen MR) is 223 cm³/mol.